The third kappa shape index (κ3) is 9.45. The number of aromatic nitrogens is 6. The van der Waals surface area contributed by atoms with Crippen molar-refractivity contribution in [3.8, 4) is 22.9 Å². The maximum absolute atomic E-state index is 13.1. The number of para-hydroxylation sites is 2. The number of anilines is 2. The van der Waals surface area contributed by atoms with Gasteiger partial charge in [-0.05, 0) is 75.2 Å². The molecule has 0 unspecified atom stereocenters. The number of ether oxygens (including phenoxy) is 2. The summed E-state index contributed by atoms with van der Waals surface area (Å²) in [5.41, 5.74) is 5.01. The second-order valence-corrected chi connectivity index (χ2v) is 13.7. The van der Waals surface area contributed by atoms with Crippen LogP contribution in [0.2, 0.25) is 0 Å². The topological polar surface area (TPSA) is 138 Å². The van der Waals surface area contributed by atoms with Gasteiger partial charge in [-0.2, -0.15) is 0 Å². The molecule has 0 aliphatic carbocycles. The van der Waals surface area contributed by atoms with E-state index in [9.17, 15) is 9.59 Å². The van der Waals surface area contributed by atoms with E-state index in [1.165, 1.54) is 23.5 Å². The lowest BCUT2D eigenvalue weighted by Crippen LogP contribution is -2.16. The molecule has 0 spiro atoms. The van der Waals surface area contributed by atoms with Crippen molar-refractivity contribution in [2.75, 3.05) is 35.4 Å². The van der Waals surface area contributed by atoms with Gasteiger partial charge in [0.1, 0.15) is 23.1 Å². The Balaban J connectivity index is 1.32. The second kappa shape index (κ2) is 17.8. The lowest BCUT2D eigenvalue weighted by atomic mass is 10.2. The molecule has 0 fully saturated rings. The van der Waals surface area contributed by atoms with E-state index in [0.717, 1.165) is 33.9 Å². The summed E-state index contributed by atoms with van der Waals surface area (Å²) in [6, 6.07) is 30.6. The SMILES string of the molecule is CCOc1cccc(-n2c(Cc3nnc(SCC(=O)Nc4ccccc4C)n3-c3cccc(OCC)c3)nnc2SCC(=O)Nc2ccccc2C)c1. The highest BCUT2D eigenvalue weighted by molar-refractivity contribution is 8.00. The molecule has 53 heavy (non-hydrogen) atoms. The third-order valence-electron chi connectivity index (χ3n) is 7.99. The van der Waals surface area contributed by atoms with Gasteiger partial charge in [0.25, 0.3) is 0 Å². The number of nitrogens with one attached hydrogen (secondary N) is 2. The Kier molecular flexibility index (Phi) is 12.4. The number of thioether (sulfide) groups is 2. The van der Waals surface area contributed by atoms with Crippen LogP contribution in [0.5, 0.6) is 11.5 Å². The predicted molar refractivity (Wildman–Crippen MR) is 209 cm³/mol. The zero-order chi connectivity index (χ0) is 37.2. The normalized spacial score (nSPS) is 10.9. The van der Waals surface area contributed by atoms with Crippen molar-refractivity contribution in [1.29, 1.82) is 0 Å². The average molecular weight is 749 g/mol. The van der Waals surface area contributed by atoms with Crippen LogP contribution in [0.4, 0.5) is 11.4 Å². The van der Waals surface area contributed by atoms with Gasteiger partial charge in [-0.3, -0.25) is 18.7 Å². The maximum Gasteiger partial charge on any atom is 0.234 e. The number of benzene rings is 4. The molecule has 2 aromatic heterocycles. The van der Waals surface area contributed by atoms with E-state index in [1.54, 1.807) is 0 Å². The molecular weight excluding hydrogens is 709 g/mol. The van der Waals surface area contributed by atoms with Crippen molar-refractivity contribution in [2.45, 2.75) is 44.4 Å². The van der Waals surface area contributed by atoms with Crippen LogP contribution >= 0.6 is 23.5 Å². The van der Waals surface area contributed by atoms with Gasteiger partial charge in [0.05, 0.1) is 42.5 Å². The molecule has 2 N–H and O–H groups in total. The minimum atomic E-state index is -0.162. The fraction of sp³-hybridized carbons (Fsp3) is 0.231. The van der Waals surface area contributed by atoms with Crippen molar-refractivity contribution in [1.82, 2.24) is 29.5 Å². The Morgan fingerprint density at radius 3 is 1.45 bits per heavy atom. The van der Waals surface area contributed by atoms with Gasteiger partial charge in [0.15, 0.2) is 10.3 Å². The molecule has 0 bridgehead atoms. The lowest BCUT2D eigenvalue weighted by Gasteiger charge is -2.14. The number of rotatable bonds is 16. The highest BCUT2D eigenvalue weighted by atomic mass is 32.2. The number of carbonyl (C=O) groups is 2. The summed E-state index contributed by atoms with van der Waals surface area (Å²) >= 11 is 2.56. The molecule has 2 amide bonds. The van der Waals surface area contributed by atoms with E-state index in [1.807, 2.05) is 134 Å². The highest BCUT2D eigenvalue weighted by Gasteiger charge is 2.23. The molecule has 0 saturated heterocycles. The zero-order valence-corrected chi connectivity index (χ0v) is 31.5. The zero-order valence-electron chi connectivity index (χ0n) is 29.9. The molecule has 14 heteroatoms. The Morgan fingerprint density at radius 1 is 0.604 bits per heavy atom. The first kappa shape index (κ1) is 37.2. The van der Waals surface area contributed by atoms with Crippen molar-refractivity contribution in [3.05, 3.63) is 120 Å². The van der Waals surface area contributed by atoms with E-state index in [-0.39, 0.29) is 29.7 Å². The van der Waals surface area contributed by atoms with Gasteiger partial charge in [-0.15, -0.1) is 20.4 Å². The summed E-state index contributed by atoms with van der Waals surface area (Å²) in [7, 11) is 0. The van der Waals surface area contributed by atoms with Gasteiger partial charge in [0.2, 0.25) is 11.8 Å². The number of amides is 2. The Bertz CT molecular complexity index is 2050. The molecule has 0 radical (unpaired) electrons. The maximum atomic E-state index is 13.1. The molecule has 2 heterocycles. The van der Waals surface area contributed by atoms with Gasteiger partial charge in [-0.1, -0.05) is 72.1 Å². The van der Waals surface area contributed by atoms with Crippen molar-refractivity contribution in [3.63, 3.8) is 0 Å². The molecule has 4 aromatic carbocycles. The predicted octanol–water partition coefficient (Wildman–Crippen LogP) is 7.31. The standard InChI is InChI=1S/C39H40N8O4S2/c1-5-50-30-17-11-15-28(21-30)46-34(42-44-38(46)52-24-36(48)40-32-19-9-7-13-26(32)3)23-35-43-45-39(47(35)29-16-12-18-31(22-29)51-6-2)53-25-37(49)41-33-20-10-8-14-27(33)4/h7-22H,5-6,23-25H2,1-4H3,(H,40,48)(H,41,49). The Hall–Kier alpha value is -5.60. The number of aryl methyl sites for hydroxylation is 2. The minimum Gasteiger partial charge on any atom is -0.494 e. The lowest BCUT2D eigenvalue weighted by molar-refractivity contribution is -0.114. The fourth-order valence-corrected chi connectivity index (χ4v) is 7.04. The quantitative estimate of drug-likeness (QED) is 0.0969. The number of hydrogen-bond donors (Lipinski definition) is 2. The third-order valence-corrected chi connectivity index (χ3v) is 9.85. The van der Waals surface area contributed by atoms with Crippen LogP contribution in [0.3, 0.4) is 0 Å². The first-order valence-electron chi connectivity index (χ1n) is 17.1. The van der Waals surface area contributed by atoms with E-state index in [0.29, 0.717) is 46.7 Å². The van der Waals surface area contributed by atoms with Crippen molar-refractivity contribution >= 4 is 46.7 Å². The van der Waals surface area contributed by atoms with Crippen LogP contribution < -0.4 is 20.1 Å². The van der Waals surface area contributed by atoms with Crippen molar-refractivity contribution in [2.24, 2.45) is 0 Å². The average Bonchev–Trinajstić information content (AvgIpc) is 3.76. The molecule has 0 aliphatic rings. The van der Waals surface area contributed by atoms with Crippen LogP contribution in [0.25, 0.3) is 11.4 Å². The summed E-state index contributed by atoms with van der Waals surface area (Å²) in [6.45, 7) is 8.78. The van der Waals surface area contributed by atoms with Crippen LogP contribution in [0, 0.1) is 13.8 Å². The van der Waals surface area contributed by atoms with Gasteiger partial charge < -0.3 is 20.1 Å². The van der Waals surface area contributed by atoms with Gasteiger partial charge in [0, 0.05) is 23.5 Å². The van der Waals surface area contributed by atoms with Crippen LogP contribution in [-0.2, 0) is 16.0 Å². The van der Waals surface area contributed by atoms with Crippen LogP contribution in [-0.4, -0.2) is 66.1 Å². The molecule has 0 atom stereocenters. The first-order valence-corrected chi connectivity index (χ1v) is 19.1. The van der Waals surface area contributed by atoms with Gasteiger partial charge >= 0.3 is 0 Å². The largest absolute Gasteiger partial charge is 0.494 e. The summed E-state index contributed by atoms with van der Waals surface area (Å²) in [5, 5.41) is 25.3. The van der Waals surface area contributed by atoms with Crippen molar-refractivity contribution < 1.29 is 19.1 Å². The molecule has 0 aliphatic heterocycles. The molecule has 272 valence electrons. The van der Waals surface area contributed by atoms with E-state index >= 15 is 0 Å². The number of nitrogens with zero attached hydrogens (tertiary/aromatic N) is 6. The smallest absolute Gasteiger partial charge is 0.234 e. The number of hydrogen-bond acceptors (Lipinski definition) is 10. The highest BCUT2D eigenvalue weighted by Crippen LogP contribution is 2.29. The van der Waals surface area contributed by atoms with E-state index < -0.39 is 0 Å². The molecule has 6 rings (SSSR count). The summed E-state index contributed by atoms with van der Waals surface area (Å²) in [6.07, 6.45) is 0.226. The number of carbonyl (C=O) groups excluding carboxylic acids is 2. The molecular formula is C39H40N8O4S2. The molecule has 12 nitrogen and oxygen atoms in total. The van der Waals surface area contributed by atoms with E-state index in [2.05, 4.69) is 31.0 Å². The molecule has 0 saturated carbocycles. The fourth-order valence-electron chi connectivity index (χ4n) is 5.49. The molecule has 6 aromatic rings. The Labute approximate surface area is 316 Å². The monoisotopic (exact) mass is 748 g/mol. The Morgan fingerprint density at radius 2 is 1.04 bits per heavy atom. The summed E-state index contributed by atoms with van der Waals surface area (Å²) in [5.74, 6) is 2.43. The second-order valence-electron chi connectivity index (χ2n) is 11.8. The minimum absolute atomic E-state index is 0.114. The first-order chi connectivity index (χ1) is 25.8. The van der Waals surface area contributed by atoms with Crippen LogP contribution in [0.1, 0.15) is 36.6 Å². The van der Waals surface area contributed by atoms with Crippen LogP contribution in [0.15, 0.2) is 107 Å². The summed E-state index contributed by atoms with van der Waals surface area (Å²) in [4.78, 5) is 26.1. The van der Waals surface area contributed by atoms with E-state index in [4.69, 9.17) is 9.47 Å². The van der Waals surface area contributed by atoms with Gasteiger partial charge in [-0.25, -0.2) is 0 Å². The summed E-state index contributed by atoms with van der Waals surface area (Å²) < 4.78 is 15.5.